The van der Waals surface area contributed by atoms with Crippen LogP contribution in [-0.4, -0.2) is 36.1 Å². The number of Topliss-reactive ketones (excluding diaryl/α,β-unsaturated/α-hetero) is 2. The quantitative estimate of drug-likeness (QED) is 0.237. The van der Waals surface area contributed by atoms with E-state index in [4.69, 9.17) is 0 Å². The van der Waals surface area contributed by atoms with Crippen molar-refractivity contribution in [2.75, 3.05) is 19.6 Å². The van der Waals surface area contributed by atoms with E-state index in [9.17, 15) is 35.9 Å². The van der Waals surface area contributed by atoms with E-state index in [2.05, 4.69) is 13.2 Å². The lowest BCUT2D eigenvalue weighted by molar-refractivity contribution is 0.102. The van der Waals surface area contributed by atoms with E-state index in [1.165, 1.54) is 4.90 Å². The molecular formula is C22H17F6NO2. The van der Waals surface area contributed by atoms with Crippen LogP contribution in [0.25, 0.3) is 0 Å². The molecule has 0 bridgehead atoms. The first-order chi connectivity index (χ1) is 14.5. The Morgan fingerprint density at radius 1 is 0.710 bits per heavy atom. The van der Waals surface area contributed by atoms with E-state index in [0.717, 1.165) is 0 Å². The molecule has 0 saturated heterocycles. The molecule has 0 N–H and O–H groups in total. The number of ketones is 2. The van der Waals surface area contributed by atoms with Crippen LogP contribution in [-0.2, 0) is 0 Å². The molecule has 2 aromatic carbocycles. The van der Waals surface area contributed by atoms with Gasteiger partial charge in [-0.1, -0.05) is 20.1 Å². The molecule has 0 amide bonds. The molecule has 0 aliphatic carbocycles. The maximum Gasteiger partial charge on any atom is 0.194 e. The highest BCUT2D eigenvalue weighted by molar-refractivity contribution is 6.09. The first-order valence-corrected chi connectivity index (χ1v) is 8.92. The van der Waals surface area contributed by atoms with Crippen molar-refractivity contribution >= 4 is 11.6 Å². The van der Waals surface area contributed by atoms with Gasteiger partial charge in [-0.15, -0.1) is 0 Å². The molecule has 9 heteroatoms. The van der Waals surface area contributed by atoms with Gasteiger partial charge in [0.15, 0.2) is 46.5 Å². The molecule has 0 atom stereocenters. The van der Waals surface area contributed by atoms with Gasteiger partial charge in [0.2, 0.25) is 0 Å². The summed E-state index contributed by atoms with van der Waals surface area (Å²) in [4.78, 5) is 26.2. The van der Waals surface area contributed by atoms with Gasteiger partial charge in [-0.2, -0.15) is 0 Å². The van der Waals surface area contributed by atoms with Gasteiger partial charge in [0.05, 0.1) is 0 Å². The highest BCUT2D eigenvalue weighted by Crippen LogP contribution is 2.19. The number of hydrogen-bond donors (Lipinski definition) is 0. The number of hydrogen-bond acceptors (Lipinski definition) is 3. The van der Waals surface area contributed by atoms with Crippen LogP contribution in [0.4, 0.5) is 26.3 Å². The fourth-order valence-electron chi connectivity index (χ4n) is 2.74. The Hall–Kier alpha value is -3.20. The smallest absolute Gasteiger partial charge is 0.194 e. The third-order valence-corrected chi connectivity index (χ3v) is 4.41. The topological polar surface area (TPSA) is 37.4 Å². The van der Waals surface area contributed by atoms with Gasteiger partial charge < -0.3 is 0 Å². The van der Waals surface area contributed by atoms with Gasteiger partial charge in [-0.05, 0) is 30.8 Å². The molecule has 164 valence electrons. The summed E-state index contributed by atoms with van der Waals surface area (Å²) in [6.45, 7) is 8.77. The van der Waals surface area contributed by atoms with E-state index in [1.54, 1.807) is 6.92 Å². The lowest BCUT2D eigenvalue weighted by Gasteiger charge is -2.22. The predicted octanol–water partition coefficient (Wildman–Crippen LogP) is 5.02. The van der Waals surface area contributed by atoms with Gasteiger partial charge in [0.25, 0.3) is 0 Å². The first-order valence-electron chi connectivity index (χ1n) is 8.92. The average Bonchev–Trinajstić information content (AvgIpc) is 2.73. The highest BCUT2D eigenvalue weighted by Gasteiger charge is 2.21. The maximum atomic E-state index is 13.4. The zero-order chi connectivity index (χ0) is 23.5. The molecule has 0 unspecified atom stereocenters. The molecule has 0 radical (unpaired) electrons. The number of likely N-dealkylation sites (N-methyl/N-ethyl adjacent to an activating group) is 1. The minimum Gasteiger partial charge on any atom is -0.295 e. The van der Waals surface area contributed by atoms with E-state index in [0.29, 0.717) is 24.3 Å². The Morgan fingerprint density at radius 3 is 1.26 bits per heavy atom. The Kier molecular flexibility index (Phi) is 7.56. The average molecular weight is 441 g/mol. The summed E-state index contributed by atoms with van der Waals surface area (Å²) in [5.41, 5.74) is -1.09. The van der Waals surface area contributed by atoms with Crippen molar-refractivity contribution in [2.24, 2.45) is 0 Å². The van der Waals surface area contributed by atoms with Crippen LogP contribution >= 0.6 is 0 Å². The number of rotatable bonds is 9. The Labute approximate surface area is 174 Å². The van der Waals surface area contributed by atoms with Crippen molar-refractivity contribution in [1.82, 2.24) is 4.90 Å². The van der Waals surface area contributed by atoms with Gasteiger partial charge in [0, 0.05) is 35.4 Å². The second-order valence-corrected chi connectivity index (χ2v) is 6.68. The molecule has 0 aromatic heterocycles. The van der Waals surface area contributed by atoms with Crippen molar-refractivity contribution in [3.8, 4) is 0 Å². The van der Waals surface area contributed by atoms with Crippen molar-refractivity contribution in [3.63, 3.8) is 0 Å². The SMILES string of the molecule is C=C(CN(CC)CC(=C)C(=O)c1cc(F)c(F)c(F)c1)C(=O)c1cc(F)c(F)c(F)c1. The summed E-state index contributed by atoms with van der Waals surface area (Å²) < 4.78 is 79.6. The van der Waals surface area contributed by atoms with Crippen LogP contribution in [0.2, 0.25) is 0 Å². The van der Waals surface area contributed by atoms with Gasteiger partial charge in [-0.25, -0.2) is 26.3 Å². The molecule has 2 aromatic rings. The molecule has 0 heterocycles. The monoisotopic (exact) mass is 441 g/mol. The Balaban J connectivity index is 2.10. The number of carbonyl (C=O) groups excluding carboxylic acids is 2. The molecule has 0 aliphatic rings. The van der Waals surface area contributed by atoms with Crippen LogP contribution in [0, 0.1) is 34.9 Å². The van der Waals surface area contributed by atoms with Crippen molar-refractivity contribution in [3.05, 3.63) is 94.6 Å². The number of carbonyl (C=O) groups is 2. The number of benzene rings is 2. The molecular weight excluding hydrogens is 424 g/mol. The van der Waals surface area contributed by atoms with Crippen LogP contribution in [0.5, 0.6) is 0 Å². The number of nitrogens with zero attached hydrogens (tertiary/aromatic N) is 1. The maximum absolute atomic E-state index is 13.4. The summed E-state index contributed by atoms with van der Waals surface area (Å²) >= 11 is 0. The Bertz CT molecular complexity index is 950. The Morgan fingerprint density at radius 2 is 1.00 bits per heavy atom. The molecule has 0 aliphatic heterocycles. The minimum atomic E-state index is -1.71. The zero-order valence-electron chi connectivity index (χ0n) is 16.4. The van der Waals surface area contributed by atoms with Gasteiger partial charge in [-0.3, -0.25) is 14.5 Å². The van der Waals surface area contributed by atoms with Gasteiger partial charge in [0.1, 0.15) is 0 Å². The second-order valence-electron chi connectivity index (χ2n) is 6.68. The van der Waals surface area contributed by atoms with Crippen molar-refractivity contribution in [1.29, 1.82) is 0 Å². The molecule has 0 fully saturated rings. The number of halogens is 6. The van der Waals surface area contributed by atoms with Crippen molar-refractivity contribution in [2.45, 2.75) is 6.92 Å². The van der Waals surface area contributed by atoms with E-state index in [-0.39, 0.29) is 30.8 Å². The largest absolute Gasteiger partial charge is 0.295 e. The molecule has 3 nitrogen and oxygen atoms in total. The third kappa shape index (κ3) is 5.49. The third-order valence-electron chi connectivity index (χ3n) is 4.41. The molecule has 31 heavy (non-hydrogen) atoms. The summed E-state index contributed by atoms with van der Waals surface area (Å²) in [5.74, 6) is -11.2. The normalized spacial score (nSPS) is 11.0. The van der Waals surface area contributed by atoms with Crippen LogP contribution in [0.15, 0.2) is 48.6 Å². The zero-order valence-corrected chi connectivity index (χ0v) is 16.4. The van der Waals surface area contributed by atoms with E-state index >= 15 is 0 Å². The van der Waals surface area contributed by atoms with Crippen LogP contribution < -0.4 is 0 Å². The second kappa shape index (κ2) is 9.74. The van der Waals surface area contributed by atoms with Gasteiger partial charge >= 0.3 is 0 Å². The molecule has 2 rings (SSSR count). The van der Waals surface area contributed by atoms with Crippen LogP contribution in [0.3, 0.4) is 0 Å². The van der Waals surface area contributed by atoms with Crippen LogP contribution in [0.1, 0.15) is 27.6 Å². The summed E-state index contributed by atoms with van der Waals surface area (Å²) in [5, 5.41) is 0. The fourth-order valence-corrected chi connectivity index (χ4v) is 2.74. The summed E-state index contributed by atoms with van der Waals surface area (Å²) in [6, 6.07) is 2.18. The summed E-state index contributed by atoms with van der Waals surface area (Å²) in [6.07, 6.45) is 0. The molecule has 0 spiro atoms. The van der Waals surface area contributed by atoms with E-state index < -0.39 is 57.6 Å². The minimum absolute atomic E-state index is 0.105. The highest BCUT2D eigenvalue weighted by atomic mass is 19.2. The fraction of sp³-hybridized carbons (Fsp3) is 0.182. The van der Waals surface area contributed by atoms with E-state index in [1.807, 2.05) is 0 Å². The standard InChI is InChI=1S/C22H17F6NO2/c1-4-29(9-11(2)21(30)13-5-15(23)19(27)16(24)6-13)10-12(3)22(31)14-7-17(25)20(28)18(26)8-14/h5-8H,2-4,9-10H2,1H3. The first kappa shape index (κ1) is 24.1. The lowest BCUT2D eigenvalue weighted by Crippen LogP contribution is -2.31. The summed E-state index contributed by atoms with van der Waals surface area (Å²) in [7, 11) is 0. The molecule has 0 saturated carbocycles. The lowest BCUT2D eigenvalue weighted by atomic mass is 10.0. The van der Waals surface area contributed by atoms with Crippen molar-refractivity contribution < 1.29 is 35.9 Å². The predicted molar refractivity (Wildman–Crippen MR) is 102 cm³/mol.